The van der Waals surface area contributed by atoms with Crippen LogP contribution in [0.3, 0.4) is 0 Å². The minimum Gasteiger partial charge on any atom is -0.490 e. The number of rotatable bonds is 9. The molecule has 1 aromatic carbocycles. The molecule has 0 spiro atoms. The van der Waals surface area contributed by atoms with Crippen molar-refractivity contribution in [3.8, 4) is 17.2 Å². The Morgan fingerprint density at radius 2 is 1.69 bits per heavy atom. The van der Waals surface area contributed by atoms with Crippen LogP contribution in [-0.2, 0) is 0 Å². The minimum atomic E-state index is -0.388. The Morgan fingerprint density at radius 1 is 1.08 bits per heavy atom. The topological polar surface area (TPSA) is 82.3 Å². The number of benzene rings is 1. The summed E-state index contributed by atoms with van der Waals surface area (Å²) in [4.78, 5) is 12.5. The first-order valence-electron chi connectivity index (χ1n) is 8.55. The first-order valence-corrected chi connectivity index (χ1v) is 8.55. The Morgan fingerprint density at radius 3 is 2.19 bits per heavy atom. The van der Waals surface area contributed by atoms with Gasteiger partial charge in [0.15, 0.2) is 11.5 Å². The Kier molecular flexibility index (Phi) is 7.08. The fraction of sp³-hybridized carbons (Fsp3) is 0.368. The van der Waals surface area contributed by atoms with Gasteiger partial charge in [-0.25, -0.2) is 5.43 Å². The van der Waals surface area contributed by atoms with Gasteiger partial charge in [-0.1, -0.05) is 0 Å². The molecule has 0 unspecified atom stereocenters. The highest BCUT2D eigenvalue weighted by Crippen LogP contribution is 2.39. The molecule has 1 N–H and O–H groups in total. The zero-order valence-corrected chi connectivity index (χ0v) is 15.5. The zero-order valence-electron chi connectivity index (χ0n) is 15.5. The van der Waals surface area contributed by atoms with Crippen LogP contribution in [-0.4, -0.2) is 31.4 Å². The number of ether oxygens (including phenoxy) is 3. The third-order valence-corrected chi connectivity index (χ3v) is 3.37. The SMILES string of the molecule is CCOc1cc(C(=O)N/N=C(/C)c2ccco2)cc(OCC)c1OCC. The standard InChI is InChI=1S/C19H24N2O5/c1-5-23-16-11-14(12-17(24-6-2)18(16)25-7-3)19(22)21-20-13(4)15-9-8-10-26-15/h8-12H,5-7H2,1-4H3,(H,21,22)/b20-13-. The summed E-state index contributed by atoms with van der Waals surface area (Å²) in [6, 6.07) is 6.75. The second-order valence-corrected chi connectivity index (χ2v) is 5.22. The second-order valence-electron chi connectivity index (χ2n) is 5.22. The lowest BCUT2D eigenvalue weighted by Gasteiger charge is -2.16. The van der Waals surface area contributed by atoms with Gasteiger partial charge in [-0.15, -0.1) is 0 Å². The minimum absolute atomic E-state index is 0.358. The highest BCUT2D eigenvalue weighted by molar-refractivity contribution is 5.99. The molecular formula is C19H24N2O5. The van der Waals surface area contributed by atoms with Crippen LogP contribution in [0.15, 0.2) is 40.0 Å². The predicted octanol–water partition coefficient (Wildman–Crippen LogP) is 3.63. The number of nitrogens with one attached hydrogen (secondary N) is 1. The van der Waals surface area contributed by atoms with Crippen LogP contribution in [0.2, 0.25) is 0 Å². The van der Waals surface area contributed by atoms with E-state index in [0.717, 1.165) is 0 Å². The molecule has 1 amide bonds. The Labute approximate surface area is 152 Å². The molecule has 0 aliphatic rings. The van der Waals surface area contributed by atoms with Crippen LogP contribution in [0.4, 0.5) is 0 Å². The smallest absolute Gasteiger partial charge is 0.271 e. The van der Waals surface area contributed by atoms with Gasteiger partial charge < -0.3 is 18.6 Å². The zero-order chi connectivity index (χ0) is 18.9. The normalized spacial score (nSPS) is 11.2. The van der Waals surface area contributed by atoms with Crippen molar-refractivity contribution >= 4 is 11.6 Å². The first-order chi connectivity index (χ1) is 12.6. The quantitative estimate of drug-likeness (QED) is 0.545. The summed E-state index contributed by atoms with van der Waals surface area (Å²) >= 11 is 0. The molecule has 7 nitrogen and oxygen atoms in total. The molecular weight excluding hydrogens is 336 g/mol. The van der Waals surface area contributed by atoms with E-state index in [4.69, 9.17) is 18.6 Å². The number of carbonyl (C=O) groups excluding carboxylic acids is 1. The van der Waals surface area contributed by atoms with Gasteiger partial charge in [0.05, 0.1) is 26.1 Å². The van der Waals surface area contributed by atoms with Gasteiger partial charge in [0.1, 0.15) is 11.5 Å². The molecule has 2 rings (SSSR count). The molecule has 2 aromatic rings. The van der Waals surface area contributed by atoms with Gasteiger partial charge in [-0.05, 0) is 52.0 Å². The molecule has 0 aliphatic heterocycles. The third-order valence-electron chi connectivity index (χ3n) is 3.37. The van der Waals surface area contributed by atoms with Crippen LogP contribution >= 0.6 is 0 Å². The van der Waals surface area contributed by atoms with Gasteiger partial charge in [-0.2, -0.15) is 5.10 Å². The van der Waals surface area contributed by atoms with Crippen LogP contribution in [0.25, 0.3) is 0 Å². The number of carbonyl (C=O) groups is 1. The van der Waals surface area contributed by atoms with E-state index in [1.807, 2.05) is 20.8 Å². The fourth-order valence-corrected chi connectivity index (χ4v) is 2.26. The number of hydrazone groups is 1. The van der Waals surface area contributed by atoms with Crippen molar-refractivity contribution in [1.29, 1.82) is 0 Å². The number of hydrogen-bond acceptors (Lipinski definition) is 6. The van der Waals surface area contributed by atoms with E-state index in [-0.39, 0.29) is 5.91 Å². The van der Waals surface area contributed by atoms with Crippen molar-refractivity contribution in [2.24, 2.45) is 5.10 Å². The molecule has 1 aromatic heterocycles. The van der Waals surface area contributed by atoms with Gasteiger partial charge in [0.2, 0.25) is 5.75 Å². The van der Waals surface area contributed by atoms with E-state index in [1.165, 1.54) is 0 Å². The molecule has 140 valence electrons. The van der Waals surface area contributed by atoms with Crippen molar-refractivity contribution < 1.29 is 23.4 Å². The summed E-state index contributed by atoms with van der Waals surface area (Å²) in [6.45, 7) is 8.67. The molecule has 0 bridgehead atoms. The lowest BCUT2D eigenvalue weighted by Crippen LogP contribution is -2.19. The van der Waals surface area contributed by atoms with Crippen molar-refractivity contribution in [3.63, 3.8) is 0 Å². The maximum atomic E-state index is 12.5. The average molecular weight is 360 g/mol. The Balaban J connectivity index is 2.29. The molecule has 0 radical (unpaired) electrons. The third kappa shape index (κ3) is 4.78. The van der Waals surface area contributed by atoms with E-state index in [2.05, 4.69) is 10.5 Å². The maximum Gasteiger partial charge on any atom is 0.271 e. The summed E-state index contributed by atoms with van der Waals surface area (Å²) in [5.74, 6) is 1.60. The van der Waals surface area contributed by atoms with Crippen LogP contribution in [0.1, 0.15) is 43.8 Å². The summed E-state index contributed by atoms with van der Waals surface area (Å²) in [6.07, 6.45) is 1.55. The van der Waals surface area contributed by atoms with Gasteiger partial charge in [0, 0.05) is 5.56 Å². The lowest BCUT2D eigenvalue weighted by molar-refractivity contribution is 0.0953. The van der Waals surface area contributed by atoms with Crippen LogP contribution in [0, 0.1) is 0 Å². The Bertz CT molecular complexity index is 726. The predicted molar refractivity (Wildman–Crippen MR) is 98.3 cm³/mol. The van der Waals surface area contributed by atoms with Crippen molar-refractivity contribution in [3.05, 3.63) is 41.9 Å². The molecule has 7 heteroatoms. The van der Waals surface area contributed by atoms with Gasteiger partial charge >= 0.3 is 0 Å². The van der Waals surface area contributed by atoms with E-state index in [9.17, 15) is 4.79 Å². The monoisotopic (exact) mass is 360 g/mol. The number of furan rings is 1. The first kappa shape index (κ1) is 19.4. The fourth-order valence-electron chi connectivity index (χ4n) is 2.26. The summed E-state index contributed by atoms with van der Waals surface area (Å²) < 4.78 is 22.1. The van der Waals surface area contributed by atoms with E-state index in [0.29, 0.717) is 54.1 Å². The Hall–Kier alpha value is -2.96. The van der Waals surface area contributed by atoms with Gasteiger partial charge in [0.25, 0.3) is 5.91 Å². The molecule has 0 fully saturated rings. The van der Waals surface area contributed by atoms with E-state index in [1.54, 1.807) is 37.5 Å². The maximum absolute atomic E-state index is 12.5. The van der Waals surface area contributed by atoms with Crippen molar-refractivity contribution in [2.45, 2.75) is 27.7 Å². The summed E-state index contributed by atoms with van der Waals surface area (Å²) in [5, 5.41) is 4.06. The highest BCUT2D eigenvalue weighted by Gasteiger charge is 2.18. The largest absolute Gasteiger partial charge is 0.490 e. The number of hydrogen-bond donors (Lipinski definition) is 1. The average Bonchev–Trinajstić information content (AvgIpc) is 3.17. The second kappa shape index (κ2) is 9.50. The molecule has 26 heavy (non-hydrogen) atoms. The number of amides is 1. The van der Waals surface area contributed by atoms with Crippen molar-refractivity contribution in [2.75, 3.05) is 19.8 Å². The van der Waals surface area contributed by atoms with Gasteiger partial charge in [-0.3, -0.25) is 4.79 Å². The molecule has 0 atom stereocenters. The number of nitrogens with zero attached hydrogens (tertiary/aromatic N) is 1. The van der Waals surface area contributed by atoms with Crippen LogP contribution < -0.4 is 19.6 Å². The lowest BCUT2D eigenvalue weighted by atomic mass is 10.1. The highest BCUT2D eigenvalue weighted by atomic mass is 16.5. The van der Waals surface area contributed by atoms with Crippen LogP contribution in [0.5, 0.6) is 17.2 Å². The summed E-state index contributed by atoms with van der Waals surface area (Å²) in [5.41, 5.74) is 3.43. The molecule has 0 aliphatic carbocycles. The molecule has 0 saturated carbocycles. The molecule has 0 saturated heterocycles. The van der Waals surface area contributed by atoms with Crippen molar-refractivity contribution in [1.82, 2.24) is 5.43 Å². The van der Waals surface area contributed by atoms with E-state index < -0.39 is 0 Å². The molecule has 1 heterocycles. The van der Waals surface area contributed by atoms with E-state index >= 15 is 0 Å². The summed E-state index contributed by atoms with van der Waals surface area (Å²) in [7, 11) is 0.